The van der Waals surface area contributed by atoms with Gasteiger partial charge in [0.05, 0.1) is 23.8 Å². The summed E-state index contributed by atoms with van der Waals surface area (Å²) in [5, 5.41) is 12.8. The number of amides is 1. The van der Waals surface area contributed by atoms with Crippen molar-refractivity contribution in [2.75, 3.05) is 12.9 Å². The van der Waals surface area contributed by atoms with Gasteiger partial charge >= 0.3 is 5.97 Å². The fraction of sp³-hybridized carbons (Fsp3) is 0.353. The average molecular weight is 330 g/mol. The molecule has 0 fully saturated rings. The number of esters is 1. The third kappa shape index (κ3) is 3.40. The van der Waals surface area contributed by atoms with Crippen LogP contribution >= 0.6 is 11.8 Å². The van der Waals surface area contributed by atoms with Crippen molar-refractivity contribution in [1.82, 2.24) is 5.32 Å². The Morgan fingerprint density at radius 2 is 2.04 bits per heavy atom. The zero-order valence-corrected chi connectivity index (χ0v) is 14.1. The van der Waals surface area contributed by atoms with Crippen LogP contribution in [0.3, 0.4) is 0 Å². The first-order valence-electron chi connectivity index (χ1n) is 7.25. The van der Waals surface area contributed by atoms with E-state index in [9.17, 15) is 14.9 Å². The highest BCUT2D eigenvalue weighted by molar-refractivity contribution is 8.03. The molecule has 0 saturated carbocycles. The molecular formula is C17H18N2O3S. The SMILES string of the molecule is CCSC1=C(C#N)[C@@H](c2ccc(C)cc2)[C@@H](C(=O)OC)C(=O)N1. The van der Waals surface area contributed by atoms with Gasteiger partial charge in [0.2, 0.25) is 5.91 Å². The standard InChI is InChI=1S/C17H18N2O3S/c1-4-23-16-12(9-18)13(11-7-5-10(2)6-8-11)14(15(20)19-16)17(21)22-3/h5-8,13-14H,4H2,1-3H3,(H,19,20)/t13-,14-/m1/s1. The van der Waals surface area contributed by atoms with Crippen LogP contribution in [-0.4, -0.2) is 24.7 Å². The molecule has 0 radical (unpaired) electrons. The number of benzene rings is 1. The van der Waals surface area contributed by atoms with Crippen molar-refractivity contribution in [3.63, 3.8) is 0 Å². The summed E-state index contributed by atoms with van der Waals surface area (Å²) in [6, 6.07) is 9.66. The van der Waals surface area contributed by atoms with E-state index in [1.54, 1.807) is 0 Å². The largest absolute Gasteiger partial charge is 0.468 e. The smallest absolute Gasteiger partial charge is 0.319 e. The summed E-state index contributed by atoms with van der Waals surface area (Å²) in [5.74, 6) is -2.04. The molecule has 2 rings (SSSR count). The predicted octanol–water partition coefficient (Wildman–Crippen LogP) is 2.49. The number of allylic oxidation sites excluding steroid dienone is 1. The number of methoxy groups -OCH3 is 1. The van der Waals surface area contributed by atoms with Gasteiger partial charge in [-0.25, -0.2) is 0 Å². The second-order valence-electron chi connectivity index (χ2n) is 5.17. The number of nitriles is 1. The van der Waals surface area contributed by atoms with Gasteiger partial charge in [-0.15, -0.1) is 11.8 Å². The van der Waals surface area contributed by atoms with Gasteiger partial charge in [0.25, 0.3) is 0 Å². The minimum absolute atomic E-state index is 0.399. The normalized spacial score (nSPS) is 20.7. The molecule has 1 aromatic rings. The zero-order valence-electron chi connectivity index (χ0n) is 13.3. The van der Waals surface area contributed by atoms with Gasteiger partial charge in [-0.2, -0.15) is 5.26 Å². The monoisotopic (exact) mass is 330 g/mol. The Balaban J connectivity index is 2.61. The molecule has 1 aliphatic heterocycles. The molecule has 1 aromatic carbocycles. The third-order valence-corrected chi connectivity index (χ3v) is 4.61. The molecule has 0 aliphatic carbocycles. The van der Waals surface area contributed by atoms with E-state index in [1.807, 2.05) is 38.1 Å². The molecule has 2 atom stereocenters. The fourth-order valence-corrected chi connectivity index (χ4v) is 3.39. The molecule has 0 unspecified atom stereocenters. The van der Waals surface area contributed by atoms with Crippen LogP contribution in [0.2, 0.25) is 0 Å². The van der Waals surface area contributed by atoms with Crippen molar-refractivity contribution in [2.24, 2.45) is 5.92 Å². The number of hydrogen-bond donors (Lipinski definition) is 1. The van der Waals surface area contributed by atoms with Gasteiger partial charge < -0.3 is 10.1 Å². The summed E-state index contributed by atoms with van der Waals surface area (Å²) in [6.45, 7) is 3.89. The van der Waals surface area contributed by atoms with Gasteiger partial charge in [-0.05, 0) is 18.2 Å². The van der Waals surface area contributed by atoms with Crippen LogP contribution in [0.5, 0.6) is 0 Å². The maximum atomic E-state index is 12.4. The number of nitrogens with zero attached hydrogens (tertiary/aromatic N) is 1. The Hall–Kier alpha value is -2.26. The van der Waals surface area contributed by atoms with Crippen LogP contribution in [0.25, 0.3) is 0 Å². The maximum absolute atomic E-state index is 12.4. The first kappa shape index (κ1) is 17.1. The minimum Gasteiger partial charge on any atom is -0.468 e. The van der Waals surface area contributed by atoms with E-state index in [0.29, 0.717) is 16.4 Å². The van der Waals surface area contributed by atoms with Crippen LogP contribution in [-0.2, 0) is 14.3 Å². The lowest BCUT2D eigenvalue weighted by atomic mass is 9.78. The zero-order chi connectivity index (χ0) is 17.0. The molecule has 23 heavy (non-hydrogen) atoms. The van der Waals surface area contributed by atoms with Crippen LogP contribution in [0.15, 0.2) is 34.9 Å². The average Bonchev–Trinajstić information content (AvgIpc) is 2.54. The molecule has 1 heterocycles. The number of rotatable bonds is 4. The van der Waals surface area contributed by atoms with E-state index in [0.717, 1.165) is 11.1 Å². The lowest BCUT2D eigenvalue weighted by molar-refractivity contribution is -0.150. The molecule has 0 saturated heterocycles. The lowest BCUT2D eigenvalue weighted by Crippen LogP contribution is -2.44. The van der Waals surface area contributed by atoms with Gasteiger partial charge in [-0.3, -0.25) is 9.59 Å². The van der Waals surface area contributed by atoms with Crippen LogP contribution < -0.4 is 5.32 Å². The topological polar surface area (TPSA) is 79.2 Å². The third-order valence-electron chi connectivity index (χ3n) is 3.71. The first-order valence-corrected chi connectivity index (χ1v) is 8.24. The predicted molar refractivity (Wildman–Crippen MR) is 88.3 cm³/mol. The highest BCUT2D eigenvalue weighted by Crippen LogP contribution is 2.40. The molecule has 1 amide bonds. The lowest BCUT2D eigenvalue weighted by Gasteiger charge is -2.30. The summed E-state index contributed by atoms with van der Waals surface area (Å²) in [4.78, 5) is 24.6. The second-order valence-corrected chi connectivity index (χ2v) is 6.44. The number of aryl methyl sites for hydroxylation is 1. The number of hydrogen-bond acceptors (Lipinski definition) is 5. The summed E-state index contributed by atoms with van der Waals surface area (Å²) >= 11 is 1.38. The van der Waals surface area contributed by atoms with Crippen LogP contribution in [0, 0.1) is 24.2 Å². The van der Waals surface area contributed by atoms with Gasteiger partial charge in [0.15, 0.2) is 0 Å². The molecule has 6 heteroatoms. The van der Waals surface area contributed by atoms with Crippen molar-refractivity contribution >= 4 is 23.6 Å². The Morgan fingerprint density at radius 3 is 2.57 bits per heavy atom. The molecule has 0 bridgehead atoms. The molecule has 120 valence electrons. The first-order chi connectivity index (χ1) is 11.0. The molecule has 1 N–H and O–H groups in total. The maximum Gasteiger partial charge on any atom is 0.319 e. The van der Waals surface area contributed by atoms with Gasteiger partial charge in [0, 0.05) is 5.92 Å². The summed E-state index contributed by atoms with van der Waals surface area (Å²) in [5.41, 5.74) is 2.22. The molecule has 0 aromatic heterocycles. The Bertz CT molecular complexity index is 689. The van der Waals surface area contributed by atoms with E-state index in [-0.39, 0.29) is 0 Å². The van der Waals surface area contributed by atoms with Crippen molar-refractivity contribution in [1.29, 1.82) is 5.26 Å². The Labute approximate surface area is 139 Å². The van der Waals surface area contributed by atoms with Crippen LogP contribution in [0.4, 0.5) is 0 Å². The highest BCUT2D eigenvalue weighted by atomic mass is 32.2. The summed E-state index contributed by atoms with van der Waals surface area (Å²) in [7, 11) is 1.24. The second kappa shape index (κ2) is 7.34. The molecular weight excluding hydrogens is 312 g/mol. The number of nitrogens with one attached hydrogen (secondary N) is 1. The quantitative estimate of drug-likeness (QED) is 0.678. The van der Waals surface area contributed by atoms with Crippen molar-refractivity contribution in [3.05, 3.63) is 46.0 Å². The van der Waals surface area contributed by atoms with Crippen molar-refractivity contribution in [2.45, 2.75) is 19.8 Å². The Morgan fingerprint density at radius 1 is 1.39 bits per heavy atom. The molecule has 5 nitrogen and oxygen atoms in total. The molecule has 1 aliphatic rings. The number of thioether (sulfide) groups is 1. The van der Waals surface area contributed by atoms with E-state index in [1.165, 1.54) is 18.9 Å². The van der Waals surface area contributed by atoms with Gasteiger partial charge in [-0.1, -0.05) is 36.8 Å². The van der Waals surface area contributed by atoms with E-state index in [2.05, 4.69) is 11.4 Å². The van der Waals surface area contributed by atoms with E-state index in [4.69, 9.17) is 4.74 Å². The van der Waals surface area contributed by atoms with Crippen LogP contribution in [0.1, 0.15) is 24.0 Å². The fourth-order valence-electron chi connectivity index (χ4n) is 2.60. The highest BCUT2D eigenvalue weighted by Gasteiger charge is 2.44. The number of carbonyl (C=O) groups excluding carboxylic acids is 2. The number of carbonyl (C=O) groups is 2. The summed E-state index contributed by atoms with van der Waals surface area (Å²) in [6.07, 6.45) is 0. The molecule has 0 spiro atoms. The van der Waals surface area contributed by atoms with Gasteiger partial charge in [0.1, 0.15) is 5.92 Å². The summed E-state index contributed by atoms with van der Waals surface area (Å²) < 4.78 is 4.79. The van der Waals surface area contributed by atoms with Crippen molar-refractivity contribution < 1.29 is 14.3 Å². The van der Waals surface area contributed by atoms with E-state index >= 15 is 0 Å². The van der Waals surface area contributed by atoms with E-state index < -0.39 is 23.7 Å². The Kier molecular flexibility index (Phi) is 5.45. The van der Waals surface area contributed by atoms with Crippen molar-refractivity contribution in [3.8, 4) is 6.07 Å². The minimum atomic E-state index is -1.06. The number of ether oxygens (including phenoxy) is 1.